The Labute approximate surface area is 99.9 Å². The highest BCUT2D eigenvalue weighted by atomic mass is 16.2. The number of carbonyl (C=O) groups is 3. The second-order valence-corrected chi connectivity index (χ2v) is 4.80. The maximum absolute atomic E-state index is 11.7. The summed E-state index contributed by atoms with van der Waals surface area (Å²) in [5.41, 5.74) is 0. The van der Waals surface area contributed by atoms with E-state index in [2.05, 4.69) is 17.1 Å². The summed E-state index contributed by atoms with van der Waals surface area (Å²) >= 11 is 0. The van der Waals surface area contributed by atoms with Crippen molar-refractivity contribution in [2.45, 2.75) is 38.3 Å². The Morgan fingerprint density at radius 2 is 2.00 bits per heavy atom. The van der Waals surface area contributed by atoms with E-state index in [9.17, 15) is 14.4 Å². The molecule has 2 unspecified atom stereocenters. The number of likely N-dealkylation sites (tertiary alicyclic amines) is 1. The quantitative estimate of drug-likeness (QED) is 0.651. The number of amides is 4. The van der Waals surface area contributed by atoms with Gasteiger partial charge in [0.2, 0.25) is 11.8 Å². The number of piperidine rings is 1. The van der Waals surface area contributed by atoms with E-state index in [-0.39, 0.29) is 18.4 Å². The Kier molecular flexibility index (Phi) is 3.15. The van der Waals surface area contributed by atoms with Crippen molar-refractivity contribution in [3.05, 3.63) is 0 Å². The lowest BCUT2D eigenvalue weighted by Crippen LogP contribution is -2.59. The molecule has 2 fully saturated rings. The number of nitrogens with one attached hydrogen (secondary N) is 1. The van der Waals surface area contributed by atoms with Gasteiger partial charge in [-0.15, -0.1) is 0 Å². The van der Waals surface area contributed by atoms with E-state index in [0.29, 0.717) is 6.04 Å². The maximum atomic E-state index is 11.7. The van der Waals surface area contributed by atoms with Gasteiger partial charge in [-0.2, -0.15) is 0 Å². The molecule has 1 N–H and O–H groups in total. The van der Waals surface area contributed by atoms with Crippen molar-refractivity contribution in [1.29, 1.82) is 0 Å². The van der Waals surface area contributed by atoms with Crippen molar-refractivity contribution >= 4 is 17.8 Å². The zero-order chi connectivity index (χ0) is 12.6. The van der Waals surface area contributed by atoms with Gasteiger partial charge in [0.15, 0.2) is 0 Å². The summed E-state index contributed by atoms with van der Waals surface area (Å²) in [4.78, 5) is 37.9. The van der Waals surface area contributed by atoms with Crippen LogP contribution in [0.2, 0.25) is 0 Å². The van der Waals surface area contributed by atoms with Crippen LogP contribution >= 0.6 is 0 Å². The fourth-order valence-electron chi connectivity index (χ4n) is 2.43. The van der Waals surface area contributed by atoms with Gasteiger partial charge < -0.3 is 4.90 Å². The maximum Gasteiger partial charge on any atom is 0.331 e. The summed E-state index contributed by atoms with van der Waals surface area (Å²) in [6.45, 7) is 2.93. The van der Waals surface area contributed by atoms with Gasteiger partial charge in [-0.25, -0.2) is 4.79 Å². The van der Waals surface area contributed by atoms with E-state index >= 15 is 0 Å². The first-order valence-corrected chi connectivity index (χ1v) is 5.85. The first-order valence-electron chi connectivity index (χ1n) is 5.85. The lowest BCUT2D eigenvalue weighted by molar-refractivity contribution is -0.138. The lowest BCUT2D eigenvalue weighted by atomic mass is 9.97. The van der Waals surface area contributed by atoms with Gasteiger partial charge >= 0.3 is 6.03 Å². The van der Waals surface area contributed by atoms with Crippen LogP contribution in [-0.2, 0) is 9.59 Å². The van der Waals surface area contributed by atoms with Crippen LogP contribution in [0.15, 0.2) is 0 Å². The summed E-state index contributed by atoms with van der Waals surface area (Å²) in [5.74, 6) is -0.877. The third-order valence-corrected chi connectivity index (χ3v) is 3.59. The topological polar surface area (TPSA) is 69.7 Å². The molecule has 2 heterocycles. The number of urea groups is 1. The van der Waals surface area contributed by atoms with Crippen LogP contribution in [0.25, 0.3) is 0 Å². The van der Waals surface area contributed by atoms with Crippen molar-refractivity contribution in [3.63, 3.8) is 0 Å². The van der Waals surface area contributed by atoms with Crippen molar-refractivity contribution in [2.75, 3.05) is 13.6 Å². The second-order valence-electron chi connectivity index (χ2n) is 4.80. The smallest absolute Gasteiger partial charge is 0.304 e. The minimum absolute atomic E-state index is 0.0817. The third kappa shape index (κ3) is 2.31. The fraction of sp³-hybridized carbons (Fsp3) is 0.727. The second kappa shape index (κ2) is 4.44. The van der Waals surface area contributed by atoms with Gasteiger partial charge in [0.05, 0.1) is 0 Å². The molecule has 0 spiro atoms. The summed E-state index contributed by atoms with van der Waals surface area (Å²) < 4.78 is 0. The van der Waals surface area contributed by atoms with Crippen LogP contribution in [0.5, 0.6) is 0 Å². The number of carbonyl (C=O) groups excluding carboxylic acids is 3. The van der Waals surface area contributed by atoms with E-state index < -0.39 is 11.9 Å². The van der Waals surface area contributed by atoms with Gasteiger partial charge in [0.1, 0.15) is 6.42 Å². The molecule has 0 bridgehead atoms. The highest BCUT2D eigenvalue weighted by Crippen LogP contribution is 2.22. The molecule has 0 aromatic carbocycles. The zero-order valence-corrected chi connectivity index (χ0v) is 10.1. The van der Waals surface area contributed by atoms with Crippen molar-refractivity contribution in [1.82, 2.24) is 15.1 Å². The van der Waals surface area contributed by atoms with E-state index in [1.165, 1.54) is 4.90 Å². The van der Waals surface area contributed by atoms with Gasteiger partial charge in [0, 0.05) is 18.6 Å². The molecule has 0 aromatic heterocycles. The van der Waals surface area contributed by atoms with Crippen LogP contribution < -0.4 is 5.32 Å². The van der Waals surface area contributed by atoms with E-state index in [1.54, 1.807) is 0 Å². The minimum atomic E-state index is -0.562. The van der Waals surface area contributed by atoms with Crippen LogP contribution in [0.3, 0.4) is 0 Å². The molecule has 2 atom stereocenters. The number of rotatable bonds is 1. The number of barbiturate groups is 1. The number of nitrogens with zero attached hydrogens (tertiary/aromatic N) is 2. The van der Waals surface area contributed by atoms with Crippen LogP contribution in [-0.4, -0.2) is 53.3 Å². The molecule has 2 saturated heterocycles. The summed E-state index contributed by atoms with van der Waals surface area (Å²) in [6.07, 6.45) is 1.32. The molecule has 2 rings (SSSR count). The molecule has 6 nitrogen and oxygen atoms in total. The molecule has 17 heavy (non-hydrogen) atoms. The van der Waals surface area contributed by atoms with Gasteiger partial charge in [-0.3, -0.25) is 19.8 Å². The Hall–Kier alpha value is -1.43. The Balaban J connectivity index is 2.09. The van der Waals surface area contributed by atoms with Gasteiger partial charge in [0.25, 0.3) is 0 Å². The highest BCUT2D eigenvalue weighted by molar-refractivity contribution is 6.14. The van der Waals surface area contributed by atoms with Crippen LogP contribution in [0.1, 0.15) is 26.2 Å². The van der Waals surface area contributed by atoms with E-state index in [1.807, 2.05) is 7.05 Å². The Morgan fingerprint density at radius 3 is 2.59 bits per heavy atom. The van der Waals surface area contributed by atoms with Crippen molar-refractivity contribution in [3.8, 4) is 0 Å². The Morgan fingerprint density at radius 1 is 1.29 bits per heavy atom. The van der Waals surface area contributed by atoms with E-state index in [4.69, 9.17) is 0 Å². The van der Waals surface area contributed by atoms with Crippen molar-refractivity contribution in [2.24, 2.45) is 0 Å². The number of imide groups is 2. The molecule has 0 saturated carbocycles. The number of hydrogen-bond donors (Lipinski definition) is 1. The largest absolute Gasteiger partial charge is 0.331 e. The average molecular weight is 239 g/mol. The summed E-state index contributed by atoms with van der Waals surface area (Å²) in [5, 5.41) is 2.20. The first kappa shape index (κ1) is 12.0. The molecule has 6 heteroatoms. The summed E-state index contributed by atoms with van der Waals surface area (Å²) in [6, 6.07) is -0.304. The van der Waals surface area contributed by atoms with Gasteiger partial charge in [-0.1, -0.05) is 0 Å². The molecule has 2 aliphatic rings. The standard InChI is InChI=1S/C11H17N3O3/c1-7-5-8(3-4-13(7)2)14-10(16)6-9(15)12-11(14)17/h7-8H,3-6H2,1-2H3,(H,12,15,17). The Bertz CT molecular complexity index is 349. The fourth-order valence-corrected chi connectivity index (χ4v) is 2.43. The zero-order valence-electron chi connectivity index (χ0n) is 10.1. The average Bonchev–Trinajstić information content (AvgIpc) is 2.21. The molecular weight excluding hydrogens is 222 g/mol. The molecule has 94 valence electrons. The third-order valence-electron chi connectivity index (χ3n) is 3.59. The first-order chi connectivity index (χ1) is 7.99. The molecule has 0 radical (unpaired) electrons. The highest BCUT2D eigenvalue weighted by Gasteiger charge is 2.38. The van der Waals surface area contributed by atoms with Crippen LogP contribution in [0, 0.1) is 0 Å². The van der Waals surface area contributed by atoms with Gasteiger partial charge in [-0.05, 0) is 26.8 Å². The predicted molar refractivity (Wildman–Crippen MR) is 60.1 cm³/mol. The van der Waals surface area contributed by atoms with Crippen LogP contribution in [0.4, 0.5) is 4.79 Å². The molecule has 4 amide bonds. The predicted octanol–water partition coefficient (Wildman–Crippen LogP) is -0.0624. The monoisotopic (exact) mass is 239 g/mol. The van der Waals surface area contributed by atoms with E-state index in [0.717, 1.165) is 19.4 Å². The minimum Gasteiger partial charge on any atom is -0.304 e. The molecule has 0 aromatic rings. The SMILES string of the molecule is CC1CC(N2C(=O)CC(=O)NC2=O)CCN1C. The number of hydrogen-bond acceptors (Lipinski definition) is 4. The van der Waals surface area contributed by atoms with Crippen molar-refractivity contribution < 1.29 is 14.4 Å². The molecule has 2 aliphatic heterocycles. The molecular formula is C11H17N3O3. The molecule has 0 aliphatic carbocycles. The lowest BCUT2D eigenvalue weighted by Gasteiger charge is -2.40. The summed E-state index contributed by atoms with van der Waals surface area (Å²) in [7, 11) is 2.03. The normalized spacial score (nSPS) is 31.6.